The number of nitro benzene ring substituents is 1. The molecule has 0 bridgehead atoms. The highest BCUT2D eigenvalue weighted by Gasteiger charge is 2.35. The van der Waals surface area contributed by atoms with Crippen molar-refractivity contribution in [3.05, 3.63) is 79.7 Å². The van der Waals surface area contributed by atoms with Gasteiger partial charge >= 0.3 is 0 Å². The van der Waals surface area contributed by atoms with E-state index >= 15 is 0 Å². The number of carbonyl (C=O) groups excluding carboxylic acids is 2. The third-order valence-electron chi connectivity index (χ3n) is 4.02. The molecule has 0 unspecified atom stereocenters. The Morgan fingerprint density at radius 1 is 1.15 bits per heavy atom. The number of benzene rings is 2. The van der Waals surface area contributed by atoms with Gasteiger partial charge < -0.3 is 0 Å². The predicted molar refractivity (Wildman–Crippen MR) is 101 cm³/mol. The molecule has 1 aliphatic rings. The van der Waals surface area contributed by atoms with Gasteiger partial charge in [0.05, 0.1) is 16.4 Å². The molecule has 0 saturated carbocycles. The fourth-order valence-electron chi connectivity index (χ4n) is 2.69. The SMILES string of the molecule is Cc1cccc(CN2C(=O)S/C(=C\c3ccc(C)c([N+](=O)[O-])c3)C2=O)c1. The van der Waals surface area contributed by atoms with Crippen LogP contribution in [0.1, 0.15) is 22.3 Å². The number of imide groups is 1. The molecule has 0 spiro atoms. The second-order valence-corrected chi connectivity index (χ2v) is 7.05. The predicted octanol–water partition coefficient (Wildman–Crippen LogP) is 4.45. The number of hydrogen-bond donors (Lipinski definition) is 0. The van der Waals surface area contributed by atoms with Gasteiger partial charge in [-0.15, -0.1) is 0 Å². The lowest BCUT2D eigenvalue weighted by Crippen LogP contribution is -2.27. The fourth-order valence-corrected chi connectivity index (χ4v) is 3.53. The summed E-state index contributed by atoms with van der Waals surface area (Å²) in [6, 6.07) is 12.3. The fraction of sp³-hybridized carbons (Fsp3) is 0.158. The highest BCUT2D eigenvalue weighted by molar-refractivity contribution is 8.18. The number of nitro groups is 1. The van der Waals surface area contributed by atoms with Gasteiger partial charge in [0.25, 0.3) is 16.8 Å². The Balaban J connectivity index is 1.85. The van der Waals surface area contributed by atoms with Crippen molar-refractivity contribution in [1.29, 1.82) is 0 Å². The maximum atomic E-state index is 12.6. The first-order valence-corrected chi connectivity index (χ1v) is 8.73. The van der Waals surface area contributed by atoms with E-state index in [1.807, 2.05) is 31.2 Å². The highest BCUT2D eigenvalue weighted by atomic mass is 32.2. The van der Waals surface area contributed by atoms with Crippen molar-refractivity contribution in [3.8, 4) is 0 Å². The summed E-state index contributed by atoms with van der Waals surface area (Å²) in [5.41, 5.74) is 2.97. The van der Waals surface area contributed by atoms with Crippen LogP contribution in [0.4, 0.5) is 10.5 Å². The van der Waals surface area contributed by atoms with Crippen LogP contribution in [0.25, 0.3) is 6.08 Å². The van der Waals surface area contributed by atoms with Crippen LogP contribution in [-0.4, -0.2) is 21.0 Å². The van der Waals surface area contributed by atoms with Crippen LogP contribution >= 0.6 is 11.8 Å². The van der Waals surface area contributed by atoms with E-state index in [0.29, 0.717) is 11.1 Å². The van der Waals surface area contributed by atoms with E-state index in [0.717, 1.165) is 22.9 Å². The molecule has 1 fully saturated rings. The quantitative estimate of drug-likeness (QED) is 0.452. The second-order valence-electron chi connectivity index (χ2n) is 6.06. The van der Waals surface area contributed by atoms with Crippen molar-refractivity contribution in [3.63, 3.8) is 0 Å². The van der Waals surface area contributed by atoms with Gasteiger partial charge in [0, 0.05) is 11.6 Å². The molecule has 2 aromatic rings. The van der Waals surface area contributed by atoms with Crippen LogP contribution in [0.2, 0.25) is 0 Å². The lowest BCUT2D eigenvalue weighted by Gasteiger charge is -2.12. The van der Waals surface area contributed by atoms with E-state index < -0.39 is 4.92 Å². The maximum absolute atomic E-state index is 12.6. The molecule has 6 nitrogen and oxygen atoms in total. The van der Waals surface area contributed by atoms with E-state index in [1.165, 1.54) is 17.0 Å². The monoisotopic (exact) mass is 368 g/mol. The lowest BCUT2D eigenvalue weighted by atomic mass is 10.1. The van der Waals surface area contributed by atoms with Crippen molar-refractivity contribution in [2.45, 2.75) is 20.4 Å². The van der Waals surface area contributed by atoms with E-state index in [4.69, 9.17) is 0 Å². The molecular weight excluding hydrogens is 352 g/mol. The summed E-state index contributed by atoms with van der Waals surface area (Å²) in [7, 11) is 0. The Labute approximate surface area is 154 Å². The third-order valence-corrected chi connectivity index (χ3v) is 4.93. The summed E-state index contributed by atoms with van der Waals surface area (Å²) < 4.78 is 0. The molecule has 2 aromatic carbocycles. The minimum Gasteiger partial charge on any atom is -0.268 e. The summed E-state index contributed by atoms with van der Waals surface area (Å²) in [6.07, 6.45) is 1.52. The Morgan fingerprint density at radius 2 is 1.92 bits per heavy atom. The molecule has 0 aliphatic carbocycles. The second kappa shape index (κ2) is 7.13. The molecule has 3 rings (SSSR count). The third kappa shape index (κ3) is 3.67. The molecule has 132 valence electrons. The number of thioether (sulfide) groups is 1. The van der Waals surface area contributed by atoms with Gasteiger partial charge in [-0.05, 0) is 42.8 Å². The Morgan fingerprint density at radius 3 is 2.62 bits per heavy atom. The number of amides is 2. The number of aryl methyl sites for hydroxylation is 2. The Bertz CT molecular complexity index is 952. The average molecular weight is 368 g/mol. The molecule has 1 aliphatic heterocycles. The van der Waals surface area contributed by atoms with Crippen molar-refractivity contribution >= 4 is 34.7 Å². The zero-order valence-electron chi connectivity index (χ0n) is 14.3. The van der Waals surface area contributed by atoms with Gasteiger partial charge in [-0.2, -0.15) is 0 Å². The normalized spacial score (nSPS) is 15.8. The number of hydrogen-bond acceptors (Lipinski definition) is 5. The molecule has 2 amide bonds. The van der Waals surface area contributed by atoms with Gasteiger partial charge in [0.1, 0.15) is 0 Å². The molecule has 1 heterocycles. The van der Waals surface area contributed by atoms with Gasteiger partial charge in [-0.25, -0.2) is 0 Å². The zero-order valence-corrected chi connectivity index (χ0v) is 15.1. The van der Waals surface area contributed by atoms with Crippen LogP contribution in [0.5, 0.6) is 0 Å². The molecule has 0 N–H and O–H groups in total. The van der Waals surface area contributed by atoms with E-state index in [9.17, 15) is 19.7 Å². The summed E-state index contributed by atoms with van der Waals surface area (Å²) in [5, 5.41) is 10.7. The molecule has 0 radical (unpaired) electrons. The van der Waals surface area contributed by atoms with Crippen molar-refractivity contribution < 1.29 is 14.5 Å². The van der Waals surface area contributed by atoms with Crippen LogP contribution in [0.3, 0.4) is 0 Å². The van der Waals surface area contributed by atoms with Crippen molar-refractivity contribution in [2.75, 3.05) is 0 Å². The Kier molecular flexibility index (Phi) is 4.90. The first-order chi connectivity index (χ1) is 12.3. The van der Waals surface area contributed by atoms with Crippen LogP contribution in [-0.2, 0) is 11.3 Å². The first kappa shape index (κ1) is 17.9. The highest BCUT2D eigenvalue weighted by Crippen LogP contribution is 2.34. The topological polar surface area (TPSA) is 80.5 Å². The number of nitrogens with zero attached hydrogens (tertiary/aromatic N) is 2. The van der Waals surface area contributed by atoms with E-state index in [1.54, 1.807) is 19.1 Å². The minimum absolute atomic E-state index is 0.0160. The van der Waals surface area contributed by atoms with E-state index in [-0.39, 0.29) is 28.3 Å². The summed E-state index contributed by atoms with van der Waals surface area (Å²) in [6.45, 7) is 3.80. The van der Waals surface area contributed by atoms with Crippen LogP contribution < -0.4 is 0 Å². The molecule has 7 heteroatoms. The largest absolute Gasteiger partial charge is 0.293 e. The average Bonchev–Trinajstić information content (AvgIpc) is 2.84. The molecule has 1 saturated heterocycles. The van der Waals surface area contributed by atoms with E-state index in [2.05, 4.69) is 0 Å². The first-order valence-electron chi connectivity index (χ1n) is 7.91. The molecule has 26 heavy (non-hydrogen) atoms. The maximum Gasteiger partial charge on any atom is 0.293 e. The number of rotatable bonds is 4. The molecular formula is C19H16N2O4S. The summed E-state index contributed by atoms with van der Waals surface area (Å²) in [5.74, 6) is -0.385. The number of carbonyl (C=O) groups is 2. The Hall–Kier alpha value is -2.93. The lowest BCUT2D eigenvalue weighted by molar-refractivity contribution is -0.385. The van der Waals surface area contributed by atoms with Crippen LogP contribution in [0.15, 0.2) is 47.4 Å². The van der Waals surface area contributed by atoms with Gasteiger partial charge in [0.2, 0.25) is 0 Å². The summed E-state index contributed by atoms with van der Waals surface area (Å²) in [4.78, 5) is 36.9. The van der Waals surface area contributed by atoms with Gasteiger partial charge in [0.15, 0.2) is 0 Å². The standard InChI is InChI=1S/C19H16N2O4S/c1-12-4-3-5-15(8-12)11-20-18(22)17(26-19(20)23)10-14-7-6-13(2)16(9-14)21(24)25/h3-10H,11H2,1-2H3/b17-10-. The minimum atomic E-state index is -0.462. The van der Waals surface area contributed by atoms with Gasteiger partial charge in [-0.3, -0.25) is 24.6 Å². The summed E-state index contributed by atoms with van der Waals surface area (Å²) >= 11 is 0.847. The van der Waals surface area contributed by atoms with Crippen LogP contribution in [0, 0.1) is 24.0 Å². The van der Waals surface area contributed by atoms with Gasteiger partial charge in [-0.1, -0.05) is 42.0 Å². The van der Waals surface area contributed by atoms with Crippen molar-refractivity contribution in [1.82, 2.24) is 4.90 Å². The molecule has 0 aromatic heterocycles. The molecule has 0 atom stereocenters. The smallest absolute Gasteiger partial charge is 0.268 e. The van der Waals surface area contributed by atoms with Crippen molar-refractivity contribution in [2.24, 2.45) is 0 Å². The zero-order chi connectivity index (χ0) is 18.8.